The molecule has 0 fully saturated rings. The minimum atomic E-state index is 0.623. The lowest BCUT2D eigenvalue weighted by atomic mass is 10.2. The number of benzene rings is 1. The fourth-order valence-corrected chi connectivity index (χ4v) is 2.51. The molecule has 0 saturated carbocycles. The van der Waals surface area contributed by atoms with Crippen LogP contribution in [0.15, 0.2) is 42.6 Å². The standard InChI is InChI=1S/C15H16N4S/c1-11-5-7-12(8-6-11)19-14(16-17-15(19)20)10-13-4-3-9-18(13)2/h3-9H,10H2,1-2H3,(H,17,20). The Hall–Kier alpha value is -2.14. The lowest BCUT2D eigenvalue weighted by molar-refractivity contribution is 0.805. The Balaban J connectivity index is 2.04. The van der Waals surface area contributed by atoms with Gasteiger partial charge in [-0.1, -0.05) is 17.7 Å². The molecule has 0 aliphatic carbocycles. The molecule has 1 aromatic carbocycles. The molecule has 0 bridgehead atoms. The molecule has 0 atom stereocenters. The van der Waals surface area contributed by atoms with Crippen LogP contribution in [0, 0.1) is 11.7 Å². The average molecular weight is 284 g/mol. The highest BCUT2D eigenvalue weighted by Gasteiger charge is 2.10. The van der Waals surface area contributed by atoms with Crippen molar-refractivity contribution in [3.05, 3.63) is 64.4 Å². The van der Waals surface area contributed by atoms with Crippen molar-refractivity contribution >= 4 is 12.2 Å². The molecule has 0 aliphatic heterocycles. The molecule has 2 aromatic heterocycles. The number of aromatic nitrogens is 4. The van der Waals surface area contributed by atoms with Crippen LogP contribution in [0.25, 0.3) is 5.69 Å². The lowest BCUT2D eigenvalue weighted by Crippen LogP contribution is -2.05. The first kappa shape index (κ1) is 12.9. The van der Waals surface area contributed by atoms with Crippen molar-refractivity contribution in [2.75, 3.05) is 0 Å². The Bertz CT molecular complexity index is 777. The van der Waals surface area contributed by atoms with Gasteiger partial charge in [0.2, 0.25) is 0 Å². The molecule has 3 rings (SSSR count). The number of aryl methyl sites for hydroxylation is 2. The third-order valence-electron chi connectivity index (χ3n) is 3.42. The fourth-order valence-electron chi connectivity index (χ4n) is 2.25. The van der Waals surface area contributed by atoms with Gasteiger partial charge in [0.15, 0.2) is 4.77 Å². The van der Waals surface area contributed by atoms with Crippen LogP contribution >= 0.6 is 12.2 Å². The Kier molecular flexibility index (Phi) is 3.28. The third kappa shape index (κ3) is 2.32. The molecular weight excluding hydrogens is 268 g/mol. The van der Waals surface area contributed by atoms with E-state index in [0.717, 1.165) is 17.9 Å². The van der Waals surface area contributed by atoms with Gasteiger partial charge in [0.05, 0.1) is 0 Å². The van der Waals surface area contributed by atoms with Gasteiger partial charge in [-0.3, -0.25) is 9.67 Å². The predicted molar refractivity (Wildman–Crippen MR) is 81.7 cm³/mol. The van der Waals surface area contributed by atoms with E-state index in [0.29, 0.717) is 4.77 Å². The van der Waals surface area contributed by atoms with E-state index in [9.17, 15) is 0 Å². The van der Waals surface area contributed by atoms with Gasteiger partial charge >= 0.3 is 0 Å². The molecule has 1 N–H and O–H groups in total. The smallest absolute Gasteiger partial charge is 0.199 e. The number of nitrogens with one attached hydrogen (secondary N) is 1. The third-order valence-corrected chi connectivity index (χ3v) is 3.70. The number of nitrogens with zero attached hydrogens (tertiary/aromatic N) is 3. The normalized spacial score (nSPS) is 10.9. The molecule has 0 amide bonds. The van der Waals surface area contributed by atoms with Crippen LogP contribution in [0.3, 0.4) is 0 Å². The molecule has 0 spiro atoms. The Morgan fingerprint density at radius 3 is 2.60 bits per heavy atom. The number of hydrogen-bond donors (Lipinski definition) is 1. The van der Waals surface area contributed by atoms with E-state index < -0.39 is 0 Å². The molecule has 3 aromatic rings. The molecular formula is C15H16N4S. The maximum atomic E-state index is 5.35. The van der Waals surface area contributed by atoms with Gasteiger partial charge in [-0.05, 0) is 43.4 Å². The van der Waals surface area contributed by atoms with Crippen molar-refractivity contribution in [3.8, 4) is 5.69 Å². The molecule has 0 unspecified atom stereocenters. The van der Waals surface area contributed by atoms with Crippen LogP contribution in [0.1, 0.15) is 17.1 Å². The van der Waals surface area contributed by atoms with Crippen molar-refractivity contribution in [2.45, 2.75) is 13.3 Å². The Morgan fingerprint density at radius 2 is 1.95 bits per heavy atom. The summed E-state index contributed by atoms with van der Waals surface area (Å²) < 4.78 is 4.71. The second kappa shape index (κ2) is 5.09. The van der Waals surface area contributed by atoms with E-state index >= 15 is 0 Å². The SMILES string of the molecule is Cc1ccc(-n2c(Cc3cccn3C)n[nH]c2=S)cc1. The second-order valence-corrected chi connectivity index (χ2v) is 5.29. The second-order valence-electron chi connectivity index (χ2n) is 4.90. The summed E-state index contributed by atoms with van der Waals surface area (Å²) in [6.45, 7) is 2.07. The van der Waals surface area contributed by atoms with Crippen LogP contribution in [0.2, 0.25) is 0 Å². The fraction of sp³-hybridized carbons (Fsp3) is 0.200. The minimum absolute atomic E-state index is 0.623. The molecule has 0 saturated heterocycles. The number of hydrogen-bond acceptors (Lipinski definition) is 2. The Morgan fingerprint density at radius 1 is 1.20 bits per heavy atom. The number of aromatic amines is 1. The number of H-pyrrole nitrogens is 1. The molecule has 4 nitrogen and oxygen atoms in total. The summed E-state index contributed by atoms with van der Waals surface area (Å²) in [6, 6.07) is 12.4. The topological polar surface area (TPSA) is 38.5 Å². The average Bonchev–Trinajstić information content (AvgIpc) is 2.99. The Labute approximate surface area is 122 Å². The molecule has 5 heteroatoms. The first-order valence-electron chi connectivity index (χ1n) is 6.48. The minimum Gasteiger partial charge on any atom is -0.354 e. The quantitative estimate of drug-likeness (QED) is 0.750. The predicted octanol–water partition coefficient (Wildman–Crippen LogP) is 3.17. The van der Waals surface area contributed by atoms with Crippen molar-refractivity contribution < 1.29 is 0 Å². The molecule has 0 aliphatic rings. The van der Waals surface area contributed by atoms with Crippen molar-refractivity contribution in [1.29, 1.82) is 0 Å². The summed E-state index contributed by atoms with van der Waals surface area (Å²) in [5.41, 5.74) is 3.47. The van der Waals surface area contributed by atoms with Crippen molar-refractivity contribution in [2.24, 2.45) is 7.05 Å². The maximum absolute atomic E-state index is 5.35. The van der Waals surface area contributed by atoms with Crippen LogP contribution in [-0.2, 0) is 13.5 Å². The first-order chi connectivity index (χ1) is 9.65. The largest absolute Gasteiger partial charge is 0.354 e. The first-order valence-corrected chi connectivity index (χ1v) is 6.89. The molecule has 2 heterocycles. The summed E-state index contributed by atoms with van der Waals surface area (Å²) in [5, 5.41) is 7.25. The summed E-state index contributed by atoms with van der Waals surface area (Å²) in [5.74, 6) is 0.917. The highest BCUT2D eigenvalue weighted by atomic mass is 32.1. The summed E-state index contributed by atoms with van der Waals surface area (Å²) in [7, 11) is 2.03. The zero-order chi connectivity index (χ0) is 14.1. The van der Waals surface area contributed by atoms with E-state index in [1.807, 2.05) is 23.9 Å². The zero-order valence-electron chi connectivity index (χ0n) is 11.5. The van der Waals surface area contributed by atoms with Gasteiger partial charge in [0.1, 0.15) is 5.82 Å². The van der Waals surface area contributed by atoms with Crippen molar-refractivity contribution in [1.82, 2.24) is 19.3 Å². The lowest BCUT2D eigenvalue weighted by Gasteiger charge is -2.08. The maximum Gasteiger partial charge on any atom is 0.199 e. The van der Waals surface area contributed by atoms with Crippen LogP contribution in [-0.4, -0.2) is 19.3 Å². The van der Waals surface area contributed by atoms with E-state index in [-0.39, 0.29) is 0 Å². The summed E-state index contributed by atoms with van der Waals surface area (Å²) >= 11 is 5.35. The van der Waals surface area contributed by atoms with Crippen LogP contribution in [0.4, 0.5) is 0 Å². The van der Waals surface area contributed by atoms with Gasteiger partial charge in [-0.2, -0.15) is 5.10 Å². The van der Waals surface area contributed by atoms with E-state index in [2.05, 4.69) is 52.0 Å². The molecule has 0 radical (unpaired) electrons. The van der Waals surface area contributed by atoms with Crippen LogP contribution in [0.5, 0.6) is 0 Å². The zero-order valence-corrected chi connectivity index (χ0v) is 12.3. The summed E-state index contributed by atoms with van der Waals surface area (Å²) in [6.07, 6.45) is 2.78. The van der Waals surface area contributed by atoms with Gasteiger partial charge in [0, 0.05) is 31.0 Å². The van der Waals surface area contributed by atoms with Gasteiger partial charge < -0.3 is 4.57 Å². The number of rotatable bonds is 3. The van der Waals surface area contributed by atoms with Crippen molar-refractivity contribution in [3.63, 3.8) is 0 Å². The van der Waals surface area contributed by atoms with E-state index in [1.54, 1.807) is 0 Å². The summed E-state index contributed by atoms with van der Waals surface area (Å²) in [4.78, 5) is 0. The molecule has 102 valence electrons. The molecule has 20 heavy (non-hydrogen) atoms. The van der Waals surface area contributed by atoms with E-state index in [4.69, 9.17) is 12.2 Å². The highest BCUT2D eigenvalue weighted by Crippen LogP contribution is 2.15. The van der Waals surface area contributed by atoms with Crippen LogP contribution < -0.4 is 0 Å². The van der Waals surface area contributed by atoms with Gasteiger partial charge in [-0.25, -0.2) is 0 Å². The van der Waals surface area contributed by atoms with Gasteiger partial charge in [0.25, 0.3) is 0 Å². The monoisotopic (exact) mass is 284 g/mol. The van der Waals surface area contributed by atoms with E-state index in [1.165, 1.54) is 11.3 Å². The highest BCUT2D eigenvalue weighted by molar-refractivity contribution is 7.71. The van der Waals surface area contributed by atoms with Gasteiger partial charge in [-0.15, -0.1) is 0 Å².